The number of nitrogens with one attached hydrogen (secondary N) is 2. The molecule has 2 aromatic heterocycles. The fourth-order valence-corrected chi connectivity index (χ4v) is 7.23. The highest BCUT2D eigenvalue weighted by molar-refractivity contribution is 7.98. The maximum absolute atomic E-state index is 13.8. The number of hydrogen-bond acceptors (Lipinski definition) is 10. The number of carbonyl (C=O) groups excluding carboxylic acids is 1. The quantitative estimate of drug-likeness (QED) is 0.317. The largest absolute Gasteiger partial charge is 0.448 e. The van der Waals surface area contributed by atoms with Gasteiger partial charge in [-0.1, -0.05) is 0 Å². The predicted octanol–water partition coefficient (Wildman–Crippen LogP) is 4.40. The van der Waals surface area contributed by atoms with E-state index in [9.17, 15) is 18.4 Å². The minimum Gasteiger partial charge on any atom is -0.448 e. The van der Waals surface area contributed by atoms with E-state index in [0.717, 1.165) is 10.6 Å². The number of rotatable bonds is 9. The van der Waals surface area contributed by atoms with Crippen LogP contribution in [0.5, 0.6) is 11.5 Å². The lowest BCUT2D eigenvalue weighted by Crippen LogP contribution is -2.49. The zero-order chi connectivity index (χ0) is 33.3. The Kier molecular flexibility index (Phi) is 9.72. The number of anilines is 1. The minimum atomic E-state index is -2.38. The number of ether oxygens (including phenoxy) is 3. The van der Waals surface area contributed by atoms with E-state index in [1.54, 1.807) is 23.4 Å². The molecule has 11 nitrogen and oxygen atoms in total. The normalized spacial score (nSPS) is 20.2. The number of piperidine rings is 1. The van der Waals surface area contributed by atoms with Crippen molar-refractivity contribution in [3.8, 4) is 22.6 Å². The van der Waals surface area contributed by atoms with E-state index < -0.39 is 12.2 Å². The summed E-state index contributed by atoms with van der Waals surface area (Å²) in [6, 6.07) is 3.64. The van der Waals surface area contributed by atoms with E-state index >= 15 is 0 Å². The van der Waals surface area contributed by atoms with Crippen molar-refractivity contribution in [1.82, 2.24) is 25.2 Å². The molecule has 47 heavy (non-hydrogen) atoms. The van der Waals surface area contributed by atoms with E-state index in [4.69, 9.17) is 14.2 Å². The summed E-state index contributed by atoms with van der Waals surface area (Å²) in [5, 5.41) is 2.93. The van der Waals surface area contributed by atoms with Crippen molar-refractivity contribution >= 4 is 23.6 Å². The summed E-state index contributed by atoms with van der Waals surface area (Å²) in [5.74, 6) is 0.0160. The molecule has 252 valence electrons. The molecule has 0 bridgehead atoms. The summed E-state index contributed by atoms with van der Waals surface area (Å²) >= 11 is 1.45. The van der Waals surface area contributed by atoms with Crippen molar-refractivity contribution in [1.29, 1.82) is 0 Å². The monoisotopic (exact) mass is 670 g/mol. The molecule has 2 saturated heterocycles. The molecule has 5 heterocycles. The third-order valence-corrected chi connectivity index (χ3v) is 9.99. The van der Waals surface area contributed by atoms with Crippen LogP contribution in [0.25, 0.3) is 11.1 Å². The molecule has 3 aliphatic rings. The Balaban J connectivity index is 1.32. The first-order valence-corrected chi connectivity index (χ1v) is 17.0. The summed E-state index contributed by atoms with van der Waals surface area (Å²) in [5.41, 5.74) is 3.18. The molecule has 3 aliphatic heterocycles. The van der Waals surface area contributed by atoms with Gasteiger partial charge in [-0.2, -0.15) is 0 Å². The second-order valence-electron chi connectivity index (χ2n) is 12.3. The molecular weight excluding hydrogens is 630 g/mol. The lowest BCUT2D eigenvalue weighted by molar-refractivity contribution is -0.126. The number of pyridine rings is 1. The van der Waals surface area contributed by atoms with Gasteiger partial charge in [-0.15, -0.1) is 11.8 Å². The first-order chi connectivity index (χ1) is 22.6. The van der Waals surface area contributed by atoms with Gasteiger partial charge >= 0.3 is 0 Å². The highest BCUT2D eigenvalue weighted by Crippen LogP contribution is 2.52. The number of aryl methyl sites for hydroxylation is 1. The molecule has 2 fully saturated rings. The van der Waals surface area contributed by atoms with Gasteiger partial charge in [-0.05, 0) is 58.2 Å². The average Bonchev–Trinajstić information content (AvgIpc) is 3.43. The lowest BCUT2D eigenvalue weighted by Gasteiger charge is -2.38. The Morgan fingerprint density at radius 3 is 2.45 bits per heavy atom. The number of likely N-dealkylation sites (tertiary alicyclic amines) is 1. The number of aromatic nitrogens is 3. The maximum Gasteiger partial charge on any atom is 0.254 e. The molecule has 1 unspecified atom stereocenters. The van der Waals surface area contributed by atoms with Crippen LogP contribution in [0, 0.1) is 19.8 Å². The smallest absolute Gasteiger partial charge is 0.254 e. The number of thioether (sulfide) groups is 1. The van der Waals surface area contributed by atoms with Crippen LogP contribution in [0.15, 0.2) is 34.2 Å². The van der Waals surface area contributed by atoms with E-state index in [1.165, 1.54) is 11.8 Å². The Labute approximate surface area is 276 Å². The molecule has 1 atom stereocenters. The zero-order valence-corrected chi connectivity index (χ0v) is 27.8. The van der Waals surface area contributed by atoms with Gasteiger partial charge < -0.3 is 29.4 Å². The summed E-state index contributed by atoms with van der Waals surface area (Å²) in [6.07, 6.45) is 4.18. The number of fused-ring (bicyclic) bond motifs is 1. The highest BCUT2D eigenvalue weighted by atomic mass is 32.2. The molecule has 0 saturated carbocycles. The number of aromatic amines is 1. The Morgan fingerprint density at radius 1 is 1.11 bits per heavy atom. The van der Waals surface area contributed by atoms with E-state index in [0.29, 0.717) is 97.5 Å². The number of amides is 1. The van der Waals surface area contributed by atoms with Gasteiger partial charge in [0.2, 0.25) is 5.95 Å². The van der Waals surface area contributed by atoms with Gasteiger partial charge in [-0.3, -0.25) is 14.5 Å². The molecule has 14 heteroatoms. The van der Waals surface area contributed by atoms with Crippen LogP contribution >= 0.6 is 11.8 Å². The number of nitrogens with zero attached hydrogens (tertiary/aromatic N) is 4. The Bertz CT molecular complexity index is 1680. The SMILES string of the molecule is CSc1cc(C)[nH]c(=O)c1CNC(=O)c1cc(-c2cnc(N3CCOCC3)nc2)c2c(c1C)OC(C)(C1CCN(CC(F)F)CC1)O2. The number of H-pyrrole nitrogens is 1. The average molecular weight is 671 g/mol. The van der Waals surface area contributed by atoms with Gasteiger partial charge in [0.15, 0.2) is 11.5 Å². The van der Waals surface area contributed by atoms with Gasteiger partial charge in [0.1, 0.15) is 0 Å². The predicted molar refractivity (Wildman–Crippen MR) is 175 cm³/mol. The number of benzene rings is 1. The minimum absolute atomic E-state index is 0.0418. The molecule has 6 rings (SSSR count). The van der Waals surface area contributed by atoms with Crippen molar-refractivity contribution < 1.29 is 27.8 Å². The van der Waals surface area contributed by atoms with Crippen molar-refractivity contribution in [2.75, 3.05) is 57.1 Å². The van der Waals surface area contributed by atoms with E-state index in [-0.39, 0.29) is 30.5 Å². The summed E-state index contributed by atoms with van der Waals surface area (Å²) < 4.78 is 44.7. The third kappa shape index (κ3) is 6.95. The van der Waals surface area contributed by atoms with E-state index in [1.807, 2.05) is 33.1 Å². The maximum atomic E-state index is 13.8. The summed E-state index contributed by atoms with van der Waals surface area (Å²) in [6.45, 7) is 8.91. The van der Waals surface area contributed by atoms with Crippen LogP contribution in [-0.4, -0.2) is 90.2 Å². The second kappa shape index (κ2) is 13.8. The molecule has 2 N–H and O–H groups in total. The fourth-order valence-electron chi connectivity index (χ4n) is 6.52. The van der Waals surface area contributed by atoms with Crippen LogP contribution in [0.2, 0.25) is 0 Å². The second-order valence-corrected chi connectivity index (χ2v) is 13.2. The molecule has 0 radical (unpaired) electrons. The number of alkyl halides is 2. The topological polar surface area (TPSA) is 122 Å². The van der Waals surface area contributed by atoms with Crippen LogP contribution in [0.4, 0.5) is 14.7 Å². The van der Waals surface area contributed by atoms with Crippen molar-refractivity contribution in [2.24, 2.45) is 5.92 Å². The Morgan fingerprint density at radius 2 is 1.79 bits per heavy atom. The van der Waals surface area contributed by atoms with Crippen molar-refractivity contribution in [3.63, 3.8) is 0 Å². The third-order valence-electron chi connectivity index (χ3n) is 9.18. The van der Waals surface area contributed by atoms with Crippen LogP contribution in [0.1, 0.15) is 46.9 Å². The van der Waals surface area contributed by atoms with Crippen LogP contribution in [-0.2, 0) is 11.3 Å². The molecule has 0 aliphatic carbocycles. The van der Waals surface area contributed by atoms with Crippen LogP contribution in [0.3, 0.4) is 0 Å². The zero-order valence-electron chi connectivity index (χ0n) is 27.0. The van der Waals surface area contributed by atoms with Gasteiger partial charge in [0.05, 0.1) is 19.8 Å². The van der Waals surface area contributed by atoms with Crippen molar-refractivity contribution in [3.05, 3.63) is 57.3 Å². The molecule has 1 aromatic carbocycles. The number of carbonyl (C=O) groups is 1. The first kappa shape index (κ1) is 33.2. The number of morpholine rings is 1. The highest BCUT2D eigenvalue weighted by Gasteiger charge is 2.47. The van der Waals surface area contributed by atoms with Gasteiger partial charge in [-0.25, -0.2) is 18.7 Å². The van der Waals surface area contributed by atoms with Crippen LogP contribution < -0.4 is 25.2 Å². The van der Waals surface area contributed by atoms with Gasteiger partial charge in [0, 0.05) is 83.3 Å². The van der Waals surface area contributed by atoms with E-state index in [2.05, 4.69) is 25.2 Å². The number of hydrogen-bond donors (Lipinski definition) is 2. The van der Waals surface area contributed by atoms with Gasteiger partial charge in [0.25, 0.3) is 23.7 Å². The first-order valence-electron chi connectivity index (χ1n) is 15.8. The fraction of sp³-hybridized carbons (Fsp3) is 0.515. The molecular formula is C33H40F2N6O5S. The summed E-state index contributed by atoms with van der Waals surface area (Å²) in [7, 11) is 0. The van der Waals surface area contributed by atoms with Crippen molar-refractivity contribution in [2.45, 2.75) is 57.3 Å². The standard InChI is InChI=1S/C33H40F2N6O5S/c1-19-13-26(47-4)25(31(43)39-19)17-36-30(42)23-14-24(21-15-37-32(38-16-21)41-9-11-44-12-10-41)29-28(20(23)2)45-33(3,46-29)22-5-7-40(8-6-22)18-27(34)35/h13-16,22,27H,5-12,17-18H2,1-4H3,(H,36,42)(H,39,43). The molecule has 3 aromatic rings. The molecule has 0 spiro atoms. The Hall–Kier alpha value is -3.75. The lowest BCUT2D eigenvalue weighted by atomic mass is 9.89. The summed E-state index contributed by atoms with van der Waals surface area (Å²) in [4.78, 5) is 43.2. The number of halogens is 2. The molecule has 1 amide bonds.